The zero-order chi connectivity index (χ0) is 14.5. The van der Waals surface area contributed by atoms with Crippen molar-refractivity contribution in [2.75, 3.05) is 0 Å². The Labute approximate surface area is 127 Å². The molecule has 0 aromatic rings. The standard InChI is InChI=1S/C20H36/c1-3-5-7-8-9-10-12-14-20-17-15-19(16-18-20)13-11-6-4-2/h9-11,13,19-20H,3-8,12,14-18H2,1-2H3. The lowest BCUT2D eigenvalue weighted by Gasteiger charge is -2.26. The normalized spacial score (nSPS) is 23.9. The molecule has 0 amide bonds. The average Bonchev–Trinajstić information content (AvgIpc) is 2.48. The van der Waals surface area contributed by atoms with Gasteiger partial charge in [-0.05, 0) is 69.6 Å². The Bertz CT molecular complexity index is 253. The summed E-state index contributed by atoms with van der Waals surface area (Å²) in [6.07, 6.45) is 26.2. The average molecular weight is 277 g/mol. The summed E-state index contributed by atoms with van der Waals surface area (Å²) >= 11 is 0. The Hall–Kier alpha value is -0.520. The highest BCUT2D eigenvalue weighted by Gasteiger charge is 2.18. The molecule has 0 aromatic carbocycles. The van der Waals surface area contributed by atoms with E-state index < -0.39 is 0 Å². The SMILES string of the molecule is CCCC=CC1CCC(CCC=CCCCCC)CC1. The van der Waals surface area contributed by atoms with Crippen LogP contribution in [0.4, 0.5) is 0 Å². The van der Waals surface area contributed by atoms with Crippen molar-refractivity contribution in [1.82, 2.24) is 0 Å². The number of rotatable bonds is 10. The van der Waals surface area contributed by atoms with Gasteiger partial charge in [-0.2, -0.15) is 0 Å². The highest BCUT2D eigenvalue weighted by Crippen LogP contribution is 2.32. The monoisotopic (exact) mass is 276 g/mol. The van der Waals surface area contributed by atoms with Gasteiger partial charge in [-0.25, -0.2) is 0 Å². The van der Waals surface area contributed by atoms with Crippen LogP contribution in [0.15, 0.2) is 24.3 Å². The molecule has 1 aliphatic carbocycles. The predicted octanol–water partition coefficient (Wildman–Crippen LogP) is 7.07. The molecule has 0 heteroatoms. The second-order valence-electron chi connectivity index (χ2n) is 6.54. The highest BCUT2D eigenvalue weighted by atomic mass is 14.2. The van der Waals surface area contributed by atoms with Crippen LogP contribution in [0.25, 0.3) is 0 Å². The molecule has 1 aliphatic rings. The van der Waals surface area contributed by atoms with Gasteiger partial charge >= 0.3 is 0 Å². The molecule has 116 valence electrons. The molecule has 0 bridgehead atoms. The molecule has 0 N–H and O–H groups in total. The summed E-state index contributed by atoms with van der Waals surface area (Å²) in [5.41, 5.74) is 0. The van der Waals surface area contributed by atoms with Crippen LogP contribution in [0.5, 0.6) is 0 Å². The summed E-state index contributed by atoms with van der Waals surface area (Å²) in [6, 6.07) is 0. The van der Waals surface area contributed by atoms with Crippen LogP contribution >= 0.6 is 0 Å². The molecule has 0 aromatic heterocycles. The fraction of sp³-hybridized carbons (Fsp3) is 0.800. The predicted molar refractivity (Wildman–Crippen MR) is 92.0 cm³/mol. The van der Waals surface area contributed by atoms with Gasteiger partial charge in [-0.15, -0.1) is 0 Å². The number of allylic oxidation sites excluding steroid dienone is 4. The van der Waals surface area contributed by atoms with Crippen LogP contribution < -0.4 is 0 Å². The molecule has 1 fully saturated rings. The third kappa shape index (κ3) is 8.61. The summed E-state index contributed by atoms with van der Waals surface area (Å²) in [6.45, 7) is 4.54. The first-order chi connectivity index (χ1) is 9.86. The molecule has 0 aliphatic heterocycles. The molecule has 0 saturated heterocycles. The Morgan fingerprint density at radius 3 is 2.20 bits per heavy atom. The molecular weight excluding hydrogens is 240 g/mol. The second-order valence-corrected chi connectivity index (χ2v) is 6.54. The third-order valence-corrected chi connectivity index (χ3v) is 4.64. The van der Waals surface area contributed by atoms with E-state index in [4.69, 9.17) is 0 Å². The van der Waals surface area contributed by atoms with E-state index in [1.807, 2.05) is 0 Å². The zero-order valence-corrected chi connectivity index (χ0v) is 13.9. The van der Waals surface area contributed by atoms with Gasteiger partial charge in [-0.3, -0.25) is 0 Å². The van der Waals surface area contributed by atoms with E-state index >= 15 is 0 Å². The number of hydrogen-bond acceptors (Lipinski definition) is 0. The number of hydrogen-bond donors (Lipinski definition) is 0. The van der Waals surface area contributed by atoms with Crippen LogP contribution in [-0.2, 0) is 0 Å². The van der Waals surface area contributed by atoms with Crippen molar-refractivity contribution >= 4 is 0 Å². The van der Waals surface area contributed by atoms with Crippen molar-refractivity contribution in [3.63, 3.8) is 0 Å². The molecule has 0 atom stereocenters. The lowest BCUT2D eigenvalue weighted by atomic mass is 9.80. The quantitative estimate of drug-likeness (QED) is 0.296. The van der Waals surface area contributed by atoms with Crippen molar-refractivity contribution in [1.29, 1.82) is 0 Å². The van der Waals surface area contributed by atoms with Gasteiger partial charge in [-0.1, -0.05) is 57.4 Å². The first-order valence-corrected chi connectivity index (χ1v) is 9.18. The molecular formula is C20H36. The minimum absolute atomic E-state index is 0.891. The van der Waals surface area contributed by atoms with Gasteiger partial charge in [0.2, 0.25) is 0 Å². The van der Waals surface area contributed by atoms with Crippen LogP contribution in [0.3, 0.4) is 0 Å². The van der Waals surface area contributed by atoms with E-state index in [1.54, 1.807) is 0 Å². The van der Waals surface area contributed by atoms with Gasteiger partial charge in [0.1, 0.15) is 0 Å². The van der Waals surface area contributed by atoms with Gasteiger partial charge in [0.25, 0.3) is 0 Å². The van der Waals surface area contributed by atoms with Crippen LogP contribution in [0, 0.1) is 11.8 Å². The minimum atomic E-state index is 0.891. The van der Waals surface area contributed by atoms with E-state index in [1.165, 1.54) is 77.0 Å². The van der Waals surface area contributed by atoms with Crippen molar-refractivity contribution < 1.29 is 0 Å². The minimum Gasteiger partial charge on any atom is -0.0885 e. The van der Waals surface area contributed by atoms with E-state index in [-0.39, 0.29) is 0 Å². The first kappa shape index (κ1) is 17.5. The maximum Gasteiger partial charge on any atom is -0.0233 e. The largest absolute Gasteiger partial charge is 0.0885 e. The van der Waals surface area contributed by atoms with Crippen LogP contribution in [-0.4, -0.2) is 0 Å². The lowest BCUT2D eigenvalue weighted by molar-refractivity contribution is 0.297. The highest BCUT2D eigenvalue weighted by molar-refractivity contribution is 4.91. The Morgan fingerprint density at radius 2 is 1.50 bits per heavy atom. The van der Waals surface area contributed by atoms with Crippen LogP contribution in [0.1, 0.15) is 90.9 Å². The molecule has 20 heavy (non-hydrogen) atoms. The number of unbranched alkanes of at least 4 members (excludes halogenated alkanes) is 4. The second kappa shape index (κ2) is 12.2. The molecule has 0 radical (unpaired) electrons. The molecule has 1 rings (SSSR count). The topological polar surface area (TPSA) is 0 Å². The zero-order valence-electron chi connectivity index (χ0n) is 13.9. The smallest absolute Gasteiger partial charge is 0.0233 e. The maximum atomic E-state index is 2.49. The van der Waals surface area contributed by atoms with Crippen molar-refractivity contribution in [3.8, 4) is 0 Å². The molecule has 1 saturated carbocycles. The van der Waals surface area contributed by atoms with E-state index in [0.717, 1.165) is 11.8 Å². The fourth-order valence-corrected chi connectivity index (χ4v) is 3.20. The van der Waals surface area contributed by atoms with E-state index in [2.05, 4.69) is 38.2 Å². The van der Waals surface area contributed by atoms with E-state index in [9.17, 15) is 0 Å². The summed E-state index contributed by atoms with van der Waals surface area (Å²) in [7, 11) is 0. The van der Waals surface area contributed by atoms with Gasteiger partial charge in [0, 0.05) is 0 Å². The fourth-order valence-electron chi connectivity index (χ4n) is 3.20. The Morgan fingerprint density at radius 1 is 0.750 bits per heavy atom. The third-order valence-electron chi connectivity index (χ3n) is 4.64. The first-order valence-electron chi connectivity index (χ1n) is 9.18. The van der Waals surface area contributed by atoms with Crippen molar-refractivity contribution in [2.45, 2.75) is 90.9 Å². The summed E-state index contributed by atoms with van der Waals surface area (Å²) in [4.78, 5) is 0. The van der Waals surface area contributed by atoms with Crippen molar-refractivity contribution in [2.24, 2.45) is 11.8 Å². The van der Waals surface area contributed by atoms with Crippen LogP contribution in [0.2, 0.25) is 0 Å². The summed E-state index contributed by atoms with van der Waals surface area (Å²) < 4.78 is 0. The van der Waals surface area contributed by atoms with Gasteiger partial charge in [0.15, 0.2) is 0 Å². The molecule has 0 spiro atoms. The summed E-state index contributed by atoms with van der Waals surface area (Å²) in [5, 5.41) is 0. The molecule has 0 heterocycles. The molecule has 0 unspecified atom stereocenters. The lowest BCUT2D eigenvalue weighted by Crippen LogP contribution is -2.12. The van der Waals surface area contributed by atoms with Crippen molar-refractivity contribution in [3.05, 3.63) is 24.3 Å². The Kier molecular flexibility index (Phi) is 10.7. The molecule has 0 nitrogen and oxygen atoms in total. The summed E-state index contributed by atoms with van der Waals surface area (Å²) in [5.74, 6) is 1.90. The van der Waals surface area contributed by atoms with E-state index in [0.29, 0.717) is 0 Å². The maximum absolute atomic E-state index is 2.49. The van der Waals surface area contributed by atoms with Gasteiger partial charge in [0.05, 0.1) is 0 Å². The Balaban J connectivity index is 2.02. The van der Waals surface area contributed by atoms with Gasteiger partial charge < -0.3 is 0 Å².